The summed E-state index contributed by atoms with van der Waals surface area (Å²) in [5.41, 5.74) is 1.97. The van der Waals surface area contributed by atoms with Crippen LogP contribution in [-0.2, 0) is 4.79 Å². The minimum absolute atomic E-state index is 0.142. The number of rotatable bonds is 6. The molecule has 1 saturated heterocycles. The van der Waals surface area contributed by atoms with Crippen molar-refractivity contribution in [3.8, 4) is 23.0 Å². The van der Waals surface area contributed by atoms with Gasteiger partial charge in [-0.15, -0.1) is 0 Å². The molecule has 1 fully saturated rings. The molecule has 6 heteroatoms. The van der Waals surface area contributed by atoms with Crippen LogP contribution in [0.25, 0.3) is 0 Å². The van der Waals surface area contributed by atoms with Crippen LogP contribution in [0.4, 0.5) is 0 Å². The highest BCUT2D eigenvalue weighted by Gasteiger charge is 2.40. The van der Waals surface area contributed by atoms with Crippen LogP contribution in [0.15, 0.2) is 36.4 Å². The van der Waals surface area contributed by atoms with Gasteiger partial charge in [0.25, 0.3) is 0 Å². The summed E-state index contributed by atoms with van der Waals surface area (Å²) in [7, 11) is 6.44. The first-order valence-electron chi connectivity index (χ1n) is 9.68. The van der Waals surface area contributed by atoms with Crippen molar-refractivity contribution in [3.05, 3.63) is 47.5 Å². The Hall–Kier alpha value is -2.73. The van der Waals surface area contributed by atoms with Crippen molar-refractivity contribution in [2.45, 2.75) is 25.9 Å². The summed E-state index contributed by atoms with van der Waals surface area (Å²) in [6, 6.07) is 11.3. The Morgan fingerprint density at radius 1 is 0.655 bits per heavy atom. The van der Waals surface area contributed by atoms with Crippen LogP contribution in [0.1, 0.15) is 37.1 Å². The molecule has 0 bridgehead atoms. The van der Waals surface area contributed by atoms with Crippen molar-refractivity contribution in [3.63, 3.8) is 0 Å². The van der Waals surface area contributed by atoms with Crippen LogP contribution in [0.3, 0.4) is 0 Å². The molecule has 29 heavy (non-hydrogen) atoms. The van der Waals surface area contributed by atoms with Crippen molar-refractivity contribution in [2.75, 3.05) is 28.4 Å². The largest absolute Gasteiger partial charge is 0.493 e. The van der Waals surface area contributed by atoms with Crippen LogP contribution in [0, 0.1) is 11.8 Å². The Balaban J connectivity index is 1.98. The van der Waals surface area contributed by atoms with E-state index < -0.39 is 0 Å². The highest BCUT2D eigenvalue weighted by molar-refractivity contribution is 5.85. The van der Waals surface area contributed by atoms with Gasteiger partial charge in [0.2, 0.25) is 0 Å². The summed E-state index contributed by atoms with van der Waals surface area (Å²) in [5, 5.41) is 3.68. The van der Waals surface area contributed by atoms with Gasteiger partial charge in [0, 0.05) is 23.9 Å². The number of carbonyl (C=O) groups is 1. The number of nitrogens with one attached hydrogen (secondary N) is 1. The maximum atomic E-state index is 13.1. The van der Waals surface area contributed by atoms with E-state index in [1.54, 1.807) is 28.4 Å². The van der Waals surface area contributed by atoms with Crippen LogP contribution >= 0.6 is 0 Å². The zero-order valence-electron chi connectivity index (χ0n) is 17.8. The number of carbonyl (C=O) groups excluding carboxylic acids is 1. The van der Waals surface area contributed by atoms with E-state index in [0.717, 1.165) is 11.1 Å². The molecule has 1 heterocycles. The fourth-order valence-corrected chi connectivity index (χ4v) is 4.09. The normalized spacial score (nSPS) is 24.1. The summed E-state index contributed by atoms with van der Waals surface area (Å²) in [4.78, 5) is 13.1. The number of piperidine rings is 1. The van der Waals surface area contributed by atoms with E-state index in [2.05, 4.69) is 5.32 Å². The van der Waals surface area contributed by atoms with Gasteiger partial charge in [0.15, 0.2) is 23.0 Å². The van der Waals surface area contributed by atoms with Crippen molar-refractivity contribution < 1.29 is 23.7 Å². The summed E-state index contributed by atoms with van der Waals surface area (Å²) in [5.74, 6) is 2.51. The van der Waals surface area contributed by atoms with Gasteiger partial charge in [0.1, 0.15) is 5.78 Å². The molecule has 0 amide bonds. The van der Waals surface area contributed by atoms with Crippen molar-refractivity contribution >= 4 is 5.78 Å². The van der Waals surface area contributed by atoms with Gasteiger partial charge in [-0.1, -0.05) is 26.0 Å². The zero-order valence-corrected chi connectivity index (χ0v) is 17.8. The Morgan fingerprint density at radius 3 is 1.38 bits per heavy atom. The molecule has 2 aromatic rings. The lowest BCUT2D eigenvalue weighted by molar-refractivity contribution is -0.130. The Labute approximate surface area is 172 Å². The van der Waals surface area contributed by atoms with Gasteiger partial charge in [-0.3, -0.25) is 4.79 Å². The highest BCUT2D eigenvalue weighted by Crippen LogP contribution is 2.41. The predicted octanol–water partition coefficient (Wildman–Crippen LogP) is 3.95. The first-order chi connectivity index (χ1) is 13.9. The summed E-state index contributed by atoms with van der Waals surface area (Å²) in [6.45, 7) is 3.94. The average molecular weight is 399 g/mol. The lowest BCUT2D eigenvalue weighted by Gasteiger charge is -2.39. The quantitative estimate of drug-likeness (QED) is 0.794. The topological polar surface area (TPSA) is 66.0 Å². The van der Waals surface area contributed by atoms with Crippen LogP contribution < -0.4 is 24.3 Å². The van der Waals surface area contributed by atoms with E-state index in [0.29, 0.717) is 23.0 Å². The third-order valence-electron chi connectivity index (χ3n) is 5.79. The molecule has 0 spiro atoms. The number of benzene rings is 2. The smallest absolute Gasteiger partial charge is 0.161 e. The summed E-state index contributed by atoms with van der Waals surface area (Å²) >= 11 is 0. The Kier molecular flexibility index (Phi) is 6.33. The van der Waals surface area contributed by atoms with Gasteiger partial charge in [-0.25, -0.2) is 0 Å². The second-order valence-corrected chi connectivity index (χ2v) is 7.33. The molecule has 0 saturated carbocycles. The molecule has 1 aliphatic heterocycles. The Morgan fingerprint density at radius 2 is 1.03 bits per heavy atom. The number of methoxy groups -OCH3 is 4. The Bertz CT molecular complexity index is 812. The van der Waals surface area contributed by atoms with Gasteiger partial charge in [-0.2, -0.15) is 0 Å². The van der Waals surface area contributed by atoms with E-state index in [1.165, 1.54) is 0 Å². The minimum Gasteiger partial charge on any atom is -0.493 e. The maximum absolute atomic E-state index is 13.1. The summed E-state index contributed by atoms with van der Waals surface area (Å²) < 4.78 is 21.6. The fraction of sp³-hybridized carbons (Fsp3) is 0.435. The number of hydrogen-bond donors (Lipinski definition) is 1. The fourth-order valence-electron chi connectivity index (χ4n) is 4.09. The lowest BCUT2D eigenvalue weighted by atomic mass is 9.76. The van der Waals surface area contributed by atoms with E-state index in [4.69, 9.17) is 18.9 Å². The molecule has 156 valence electrons. The van der Waals surface area contributed by atoms with Crippen molar-refractivity contribution in [1.82, 2.24) is 5.32 Å². The molecule has 0 aliphatic carbocycles. The number of hydrogen-bond acceptors (Lipinski definition) is 6. The molecule has 3 rings (SSSR count). The zero-order chi connectivity index (χ0) is 21.1. The second-order valence-electron chi connectivity index (χ2n) is 7.33. The van der Waals surface area contributed by atoms with Crippen molar-refractivity contribution in [2.24, 2.45) is 11.8 Å². The number of Topliss-reactive ketones (excluding diaryl/α,β-unsaturated/α-hetero) is 1. The second kappa shape index (κ2) is 8.74. The molecule has 6 nitrogen and oxygen atoms in total. The SMILES string of the molecule is COc1ccc([C@H]2N[C@H](c3ccc(OC)c(OC)c3)[C@H](C)C(=O)[C@H]2C)cc1OC. The average Bonchev–Trinajstić information content (AvgIpc) is 2.76. The molecular formula is C23H29NO5. The molecule has 2 aromatic carbocycles. The van der Waals surface area contributed by atoms with Crippen LogP contribution in [0.5, 0.6) is 23.0 Å². The summed E-state index contributed by atoms with van der Waals surface area (Å²) in [6.07, 6.45) is 0. The van der Waals surface area contributed by atoms with E-state index in [9.17, 15) is 4.79 Å². The monoisotopic (exact) mass is 399 g/mol. The molecule has 0 aromatic heterocycles. The lowest BCUT2D eigenvalue weighted by Crippen LogP contribution is -2.46. The van der Waals surface area contributed by atoms with E-state index in [-0.39, 0.29) is 29.7 Å². The molecule has 4 atom stereocenters. The number of ketones is 1. The van der Waals surface area contributed by atoms with Gasteiger partial charge >= 0.3 is 0 Å². The third kappa shape index (κ3) is 3.90. The van der Waals surface area contributed by atoms with Crippen molar-refractivity contribution in [1.29, 1.82) is 0 Å². The number of ether oxygens (including phenoxy) is 4. The first kappa shape index (κ1) is 21.0. The molecule has 1 N–H and O–H groups in total. The van der Waals surface area contributed by atoms with E-state index in [1.807, 2.05) is 50.2 Å². The molecular weight excluding hydrogens is 370 g/mol. The van der Waals surface area contributed by atoms with Crippen LogP contribution in [0.2, 0.25) is 0 Å². The molecule has 1 aliphatic rings. The third-order valence-corrected chi connectivity index (χ3v) is 5.79. The van der Waals surface area contributed by atoms with Crippen LogP contribution in [-0.4, -0.2) is 34.2 Å². The predicted molar refractivity (Wildman–Crippen MR) is 111 cm³/mol. The van der Waals surface area contributed by atoms with E-state index >= 15 is 0 Å². The molecule has 0 radical (unpaired) electrons. The first-order valence-corrected chi connectivity index (χ1v) is 9.68. The molecule has 0 unspecified atom stereocenters. The van der Waals surface area contributed by atoms with Gasteiger partial charge < -0.3 is 24.3 Å². The van der Waals surface area contributed by atoms with Gasteiger partial charge in [-0.05, 0) is 35.4 Å². The van der Waals surface area contributed by atoms with Gasteiger partial charge in [0.05, 0.1) is 28.4 Å². The highest BCUT2D eigenvalue weighted by atomic mass is 16.5. The maximum Gasteiger partial charge on any atom is 0.161 e. The standard InChI is InChI=1S/C23H29NO5/c1-13-21(15-7-9-17(26-3)19(11-15)28-5)24-22(14(2)23(13)25)16-8-10-18(27-4)20(12-16)29-6/h7-14,21-22,24H,1-6H3/t13-,14-,21-,22-/m0/s1. The minimum atomic E-state index is -0.167.